The maximum Gasteiger partial charge on any atom is 0.167 e. The smallest absolute Gasteiger partial charge is 0.167 e. The summed E-state index contributed by atoms with van der Waals surface area (Å²) in [6.07, 6.45) is -0.630. The lowest BCUT2D eigenvalue weighted by atomic mass is 10.2. The van der Waals surface area contributed by atoms with Crippen LogP contribution in [0.2, 0.25) is 0 Å². The molecule has 0 amide bonds. The average molecular weight is 228 g/mol. The van der Waals surface area contributed by atoms with Crippen LogP contribution in [0.4, 0.5) is 10.1 Å². The maximum atomic E-state index is 13.4. The van der Waals surface area contributed by atoms with Crippen LogP contribution in [0.25, 0.3) is 0 Å². The lowest BCUT2D eigenvalue weighted by Crippen LogP contribution is -2.27. The zero-order valence-corrected chi connectivity index (χ0v) is 9.24. The minimum Gasteiger partial charge on any atom is -0.491 e. The summed E-state index contributed by atoms with van der Waals surface area (Å²) >= 11 is 0. The molecule has 0 aromatic heterocycles. The molecule has 16 heavy (non-hydrogen) atoms. The van der Waals surface area contributed by atoms with E-state index in [9.17, 15) is 9.50 Å². The van der Waals surface area contributed by atoms with Crippen molar-refractivity contribution in [2.75, 3.05) is 25.0 Å². The van der Waals surface area contributed by atoms with Crippen LogP contribution in [0.3, 0.4) is 0 Å². The summed E-state index contributed by atoms with van der Waals surface area (Å²) in [6.45, 7) is 2.69. The van der Waals surface area contributed by atoms with Crippen molar-refractivity contribution >= 4 is 5.69 Å². The third kappa shape index (κ3) is 3.67. The van der Waals surface area contributed by atoms with Crippen molar-refractivity contribution in [2.24, 2.45) is 5.73 Å². The van der Waals surface area contributed by atoms with E-state index < -0.39 is 11.9 Å². The molecule has 4 nitrogen and oxygen atoms in total. The van der Waals surface area contributed by atoms with Crippen molar-refractivity contribution in [1.82, 2.24) is 0 Å². The number of hydrogen-bond acceptors (Lipinski definition) is 4. The van der Waals surface area contributed by atoms with Gasteiger partial charge in [0.2, 0.25) is 0 Å². The van der Waals surface area contributed by atoms with Crippen LogP contribution in [-0.2, 0) is 0 Å². The molecule has 1 rings (SSSR count). The molecule has 90 valence electrons. The molecule has 0 saturated carbocycles. The lowest BCUT2D eigenvalue weighted by molar-refractivity contribution is 0.196. The van der Waals surface area contributed by atoms with Gasteiger partial charge >= 0.3 is 0 Å². The first kappa shape index (κ1) is 12.7. The van der Waals surface area contributed by atoms with Gasteiger partial charge in [0.1, 0.15) is 0 Å². The number of rotatable bonds is 6. The maximum absolute atomic E-state index is 13.4. The van der Waals surface area contributed by atoms with Crippen LogP contribution in [0.1, 0.15) is 6.92 Å². The molecule has 0 spiro atoms. The zero-order chi connectivity index (χ0) is 12.0. The van der Waals surface area contributed by atoms with E-state index in [-0.39, 0.29) is 12.3 Å². The van der Waals surface area contributed by atoms with E-state index >= 15 is 0 Å². The van der Waals surface area contributed by atoms with E-state index in [0.29, 0.717) is 18.8 Å². The standard InChI is InChI=1S/C11H17FN2O2/c1-2-16-11-4-3-8(5-10(11)12)14-7-9(15)6-13/h3-5,9,14-15H,2,6-7,13H2,1H3. The normalized spacial score (nSPS) is 12.2. The first-order valence-corrected chi connectivity index (χ1v) is 5.21. The van der Waals surface area contributed by atoms with Gasteiger partial charge in [-0.3, -0.25) is 0 Å². The van der Waals surface area contributed by atoms with Crippen molar-refractivity contribution in [3.8, 4) is 5.75 Å². The predicted molar refractivity (Wildman–Crippen MR) is 61.1 cm³/mol. The number of hydrogen-bond donors (Lipinski definition) is 3. The highest BCUT2D eigenvalue weighted by Gasteiger charge is 2.05. The molecule has 0 saturated heterocycles. The van der Waals surface area contributed by atoms with Gasteiger partial charge in [0.05, 0.1) is 12.7 Å². The molecule has 0 fully saturated rings. The topological polar surface area (TPSA) is 67.5 Å². The van der Waals surface area contributed by atoms with Gasteiger partial charge in [-0.15, -0.1) is 0 Å². The summed E-state index contributed by atoms with van der Waals surface area (Å²) in [7, 11) is 0. The largest absolute Gasteiger partial charge is 0.491 e. The third-order valence-electron chi connectivity index (χ3n) is 2.05. The van der Waals surface area contributed by atoms with Gasteiger partial charge in [0.25, 0.3) is 0 Å². The van der Waals surface area contributed by atoms with Crippen molar-refractivity contribution in [1.29, 1.82) is 0 Å². The Morgan fingerprint density at radius 1 is 1.56 bits per heavy atom. The third-order valence-corrected chi connectivity index (χ3v) is 2.05. The number of benzene rings is 1. The lowest BCUT2D eigenvalue weighted by Gasteiger charge is -2.11. The number of nitrogens with two attached hydrogens (primary N) is 1. The Morgan fingerprint density at radius 3 is 2.88 bits per heavy atom. The molecule has 1 aromatic carbocycles. The van der Waals surface area contributed by atoms with E-state index in [0.717, 1.165) is 0 Å². The van der Waals surface area contributed by atoms with E-state index in [1.54, 1.807) is 19.1 Å². The molecule has 0 heterocycles. The number of ether oxygens (including phenoxy) is 1. The fourth-order valence-corrected chi connectivity index (χ4v) is 1.20. The highest BCUT2D eigenvalue weighted by atomic mass is 19.1. The summed E-state index contributed by atoms with van der Waals surface area (Å²) < 4.78 is 18.5. The number of aliphatic hydroxyl groups is 1. The second kappa shape index (κ2) is 6.30. The Labute approximate surface area is 94.2 Å². The van der Waals surface area contributed by atoms with Crippen LogP contribution in [0, 0.1) is 5.82 Å². The molecule has 0 aliphatic rings. The van der Waals surface area contributed by atoms with Crippen LogP contribution in [0.15, 0.2) is 18.2 Å². The quantitative estimate of drug-likeness (QED) is 0.678. The zero-order valence-electron chi connectivity index (χ0n) is 9.24. The van der Waals surface area contributed by atoms with Crippen molar-refractivity contribution in [2.45, 2.75) is 13.0 Å². The highest BCUT2D eigenvalue weighted by Crippen LogP contribution is 2.20. The van der Waals surface area contributed by atoms with Gasteiger partial charge in [0, 0.05) is 24.8 Å². The highest BCUT2D eigenvalue weighted by molar-refractivity contribution is 5.47. The predicted octanol–water partition coefficient (Wildman–Crippen LogP) is 0.956. The Morgan fingerprint density at radius 2 is 2.31 bits per heavy atom. The Bertz CT molecular complexity index is 334. The molecule has 0 aliphatic heterocycles. The first-order valence-electron chi connectivity index (χ1n) is 5.21. The minimum atomic E-state index is -0.630. The Hall–Kier alpha value is -1.33. The number of anilines is 1. The molecule has 0 aliphatic carbocycles. The summed E-state index contributed by atoms with van der Waals surface area (Å²) in [5.74, 6) is -0.193. The van der Waals surface area contributed by atoms with Gasteiger partial charge in [-0.2, -0.15) is 0 Å². The van der Waals surface area contributed by atoms with Gasteiger partial charge in [0.15, 0.2) is 11.6 Å². The number of halogens is 1. The SMILES string of the molecule is CCOc1ccc(NCC(O)CN)cc1F. The van der Waals surface area contributed by atoms with E-state index in [4.69, 9.17) is 10.5 Å². The summed E-state index contributed by atoms with van der Waals surface area (Å²) in [6, 6.07) is 4.57. The molecule has 4 N–H and O–H groups in total. The monoisotopic (exact) mass is 228 g/mol. The molecule has 0 radical (unpaired) electrons. The molecule has 1 aromatic rings. The van der Waals surface area contributed by atoms with Crippen LogP contribution < -0.4 is 15.8 Å². The second-order valence-electron chi connectivity index (χ2n) is 3.35. The molecule has 1 atom stereocenters. The van der Waals surface area contributed by atoms with Gasteiger partial charge < -0.3 is 20.9 Å². The molecular formula is C11H17FN2O2. The average Bonchev–Trinajstić information content (AvgIpc) is 2.29. The summed E-state index contributed by atoms with van der Waals surface area (Å²) in [5, 5.41) is 12.1. The van der Waals surface area contributed by atoms with Crippen molar-refractivity contribution in [3.05, 3.63) is 24.0 Å². The minimum absolute atomic E-state index is 0.173. The summed E-state index contributed by atoms with van der Waals surface area (Å²) in [5.41, 5.74) is 5.84. The molecule has 0 bridgehead atoms. The molecule has 5 heteroatoms. The molecule has 1 unspecified atom stereocenters. The van der Waals surface area contributed by atoms with Crippen molar-refractivity contribution < 1.29 is 14.2 Å². The fourth-order valence-electron chi connectivity index (χ4n) is 1.20. The van der Waals surface area contributed by atoms with Gasteiger partial charge in [-0.25, -0.2) is 4.39 Å². The first-order chi connectivity index (χ1) is 7.67. The van der Waals surface area contributed by atoms with Gasteiger partial charge in [-0.1, -0.05) is 0 Å². The fraction of sp³-hybridized carbons (Fsp3) is 0.455. The van der Waals surface area contributed by atoms with E-state index in [1.807, 2.05) is 0 Å². The van der Waals surface area contributed by atoms with Crippen molar-refractivity contribution in [3.63, 3.8) is 0 Å². The second-order valence-corrected chi connectivity index (χ2v) is 3.35. The number of aliphatic hydroxyl groups excluding tert-OH is 1. The van der Waals surface area contributed by atoms with Crippen LogP contribution >= 0.6 is 0 Å². The Kier molecular flexibility index (Phi) is 5.01. The molecular weight excluding hydrogens is 211 g/mol. The number of nitrogens with one attached hydrogen (secondary N) is 1. The van der Waals surface area contributed by atoms with E-state index in [1.165, 1.54) is 6.07 Å². The van der Waals surface area contributed by atoms with Crippen LogP contribution in [0.5, 0.6) is 5.75 Å². The summed E-state index contributed by atoms with van der Waals surface area (Å²) in [4.78, 5) is 0. The Balaban J connectivity index is 2.59. The van der Waals surface area contributed by atoms with E-state index in [2.05, 4.69) is 5.32 Å². The van der Waals surface area contributed by atoms with Crippen LogP contribution in [-0.4, -0.2) is 30.9 Å². The van der Waals surface area contributed by atoms with Gasteiger partial charge in [-0.05, 0) is 19.1 Å².